The molecule has 60 valence electrons. The van der Waals surface area contributed by atoms with Gasteiger partial charge in [0.05, 0.1) is 6.07 Å². The molecule has 1 rings (SSSR count). The SMILES string of the molecule is CNc1cccc(C=CC#N)c1. The molecule has 2 nitrogen and oxygen atoms in total. The van der Waals surface area contributed by atoms with Gasteiger partial charge >= 0.3 is 0 Å². The van der Waals surface area contributed by atoms with Crippen molar-refractivity contribution in [2.45, 2.75) is 0 Å². The Balaban J connectivity index is 2.88. The van der Waals surface area contributed by atoms with Gasteiger partial charge in [0.2, 0.25) is 0 Å². The summed E-state index contributed by atoms with van der Waals surface area (Å²) in [4.78, 5) is 0. The Morgan fingerprint density at radius 2 is 2.33 bits per heavy atom. The summed E-state index contributed by atoms with van der Waals surface area (Å²) in [6, 6.07) is 9.81. The Labute approximate surface area is 72.1 Å². The highest BCUT2D eigenvalue weighted by atomic mass is 14.8. The lowest BCUT2D eigenvalue weighted by Gasteiger charge is -1.99. The predicted octanol–water partition coefficient (Wildman–Crippen LogP) is 2.27. The Morgan fingerprint density at radius 1 is 1.50 bits per heavy atom. The number of hydrogen-bond acceptors (Lipinski definition) is 2. The number of rotatable bonds is 2. The minimum absolute atomic E-state index is 1.03. The molecule has 0 saturated carbocycles. The van der Waals surface area contributed by atoms with E-state index in [-0.39, 0.29) is 0 Å². The van der Waals surface area contributed by atoms with Gasteiger partial charge in [-0.3, -0.25) is 0 Å². The molecule has 0 aromatic heterocycles. The van der Waals surface area contributed by atoms with E-state index in [9.17, 15) is 0 Å². The second-order valence-corrected chi connectivity index (χ2v) is 2.34. The average Bonchev–Trinajstić information content (AvgIpc) is 2.15. The fourth-order valence-corrected chi connectivity index (χ4v) is 0.931. The summed E-state index contributed by atoms with van der Waals surface area (Å²) >= 11 is 0. The highest BCUT2D eigenvalue weighted by Crippen LogP contribution is 2.10. The quantitative estimate of drug-likeness (QED) is 0.670. The van der Waals surface area contributed by atoms with Gasteiger partial charge in [-0.15, -0.1) is 0 Å². The first-order chi connectivity index (χ1) is 5.86. The van der Waals surface area contributed by atoms with Crippen LogP contribution in [0, 0.1) is 11.3 Å². The fourth-order valence-electron chi connectivity index (χ4n) is 0.931. The number of allylic oxidation sites excluding steroid dienone is 1. The van der Waals surface area contributed by atoms with Crippen LogP contribution in [-0.4, -0.2) is 7.05 Å². The molecule has 0 heterocycles. The molecule has 0 bridgehead atoms. The van der Waals surface area contributed by atoms with E-state index in [1.165, 1.54) is 6.08 Å². The summed E-state index contributed by atoms with van der Waals surface area (Å²) in [5, 5.41) is 11.3. The van der Waals surface area contributed by atoms with E-state index in [1.54, 1.807) is 6.08 Å². The van der Waals surface area contributed by atoms with Gasteiger partial charge in [-0.05, 0) is 23.8 Å². The number of benzene rings is 1. The van der Waals surface area contributed by atoms with Crippen LogP contribution >= 0.6 is 0 Å². The number of hydrogen-bond donors (Lipinski definition) is 1. The lowest BCUT2D eigenvalue weighted by atomic mass is 10.2. The monoisotopic (exact) mass is 158 g/mol. The maximum absolute atomic E-state index is 8.30. The Kier molecular flexibility index (Phi) is 2.92. The molecule has 0 aliphatic heterocycles. The van der Waals surface area contributed by atoms with Crippen LogP contribution in [0.2, 0.25) is 0 Å². The van der Waals surface area contributed by atoms with Crippen molar-refractivity contribution in [3.63, 3.8) is 0 Å². The summed E-state index contributed by atoms with van der Waals surface area (Å²) in [6.45, 7) is 0. The number of anilines is 1. The fraction of sp³-hybridized carbons (Fsp3) is 0.100. The van der Waals surface area contributed by atoms with Gasteiger partial charge in [0.1, 0.15) is 0 Å². The third-order valence-corrected chi connectivity index (χ3v) is 1.53. The summed E-state index contributed by atoms with van der Waals surface area (Å²) in [7, 11) is 1.87. The van der Waals surface area contributed by atoms with Crippen LogP contribution in [0.5, 0.6) is 0 Å². The predicted molar refractivity (Wildman–Crippen MR) is 50.6 cm³/mol. The first-order valence-electron chi connectivity index (χ1n) is 3.71. The molecule has 1 aromatic rings. The van der Waals surface area contributed by atoms with Crippen LogP contribution in [0.1, 0.15) is 5.56 Å². The summed E-state index contributed by atoms with van der Waals surface area (Å²) < 4.78 is 0. The Hall–Kier alpha value is -1.75. The van der Waals surface area contributed by atoms with E-state index >= 15 is 0 Å². The van der Waals surface area contributed by atoms with Gasteiger partial charge in [0.15, 0.2) is 0 Å². The van der Waals surface area contributed by atoms with Crippen LogP contribution in [0.25, 0.3) is 6.08 Å². The van der Waals surface area contributed by atoms with Crippen molar-refractivity contribution in [2.24, 2.45) is 0 Å². The first kappa shape index (κ1) is 8.35. The highest BCUT2D eigenvalue weighted by Gasteiger charge is 1.88. The molecule has 1 N–H and O–H groups in total. The van der Waals surface area contributed by atoms with Gasteiger partial charge in [-0.25, -0.2) is 0 Å². The van der Waals surface area contributed by atoms with Crippen molar-refractivity contribution in [2.75, 3.05) is 12.4 Å². The van der Waals surface area contributed by atoms with Crippen LogP contribution in [0.15, 0.2) is 30.3 Å². The van der Waals surface area contributed by atoms with Crippen molar-refractivity contribution in [3.8, 4) is 6.07 Å². The molecule has 0 unspecified atom stereocenters. The maximum atomic E-state index is 8.30. The summed E-state index contributed by atoms with van der Waals surface area (Å²) in [5.74, 6) is 0. The average molecular weight is 158 g/mol. The van der Waals surface area contributed by atoms with Crippen molar-refractivity contribution >= 4 is 11.8 Å². The standard InChI is InChI=1S/C10H10N2/c1-12-10-6-2-4-9(8-10)5-3-7-11/h2-6,8,12H,1H3. The van der Waals surface area contributed by atoms with Gasteiger partial charge in [0, 0.05) is 18.8 Å². The third kappa shape index (κ3) is 2.14. The molecule has 0 atom stereocenters. The zero-order chi connectivity index (χ0) is 8.81. The molecule has 0 amide bonds. The molecular weight excluding hydrogens is 148 g/mol. The Morgan fingerprint density at radius 3 is 3.00 bits per heavy atom. The van der Waals surface area contributed by atoms with E-state index in [1.807, 2.05) is 37.4 Å². The molecule has 0 fully saturated rings. The van der Waals surface area contributed by atoms with Crippen molar-refractivity contribution in [1.29, 1.82) is 5.26 Å². The lowest BCUT2D eigenvalue weighted by Crippen LogP contribution is -1.86. The Bertz CT molecular complexity index is 321. The largest absolute Gasteiger partial charge is 0.388 e. The van der Waals surface area contributed by atoms with Crippen LogP contribution in [0.3, 0.4) is 0 Å². The molecule has 0 radical (unpaired) electrons. The second kappa shape index (κ2) is 4.20. The maximum Gasteiger partial charge on any atom is 0.0912 e. The van der Waals surface area contributed by atoms with Crippen molar-refractivity contribution < 1.29 is 0 Å². The molecule has 2 heteroatoms. The second-order valence-electron chi connectivity index (χ2n) is 2.34. The summed E-state index contributed by atoms with van der Waals surface area (Å²) in [6.07, 6.45) is 3.25. The van der Waals surface area contributed by atoms with Crippen LogP contribution < -0.4 is 5.32 Å². The minimum Gasteiger partial charge on any atom is -0.388 e. The summed E-state index contributed by atoms with van der Waals surface area (Å²) in [5.41, 5.74) is 2.08. The highest BCUT2D eigenvalue weighted by molar-refractivity contribution is 5.58. The van der Waals surface area contributed by atoms with Crippen LogP contribution in [0.4, 0.5) is 5.69 Å². The van der Waals surface area contributed by atoms with Gasteiger partial charge in [-0.1, -0.05) is 12.1 Å². The first-order valence-corrected chi connectivity index (χ1v) is 3.71. The number of nitrogens with one attached hydrogen (secondary N) is 1. The molecule has 0 saturated heterocycles. The third-order valence-electron chi connectivity index (χ3n) is 1.53. The molecule has 1 aromatic carbocycles. The molecule has 0 spiro atoms. The normalized spacial score (nSPS) is 9.67. The minimum atomic E-state index is 1.03. The van der Waals surface area contributed by atoms with E-state index in [0.29, 0.717) is 0 Å². The van der Waals surface area contributed by atoms with E-state index < -0.39 is 0 Å². The lowest BCUT2D eigenvalue weighted by molar-refractivity contribution is 1.50. The number of nitrogens with zero attached hydrogens (tertiary/aromatic N) is 1. The number of nitriles is 1. The topological polar surface area (TPSA) is 35.8 Å². The molecular formula is C10H10N2. The van der Waals surface area contributed by atoms with Gasteiger partial charge in [0.25, 0.3) is 0 Å². The van der Waals surface area contributed by atoms with E-state index in [0.717, 1.165) is 11.3 Å². The van der Waals surface area contributed by atoms with Crippen LogP contribution in [-0.2, 0) is 0 Å². The van der Waals surface area contributed by atoms with E-state index in [2.05, 4.69) is 5.32 Å². The van der Waals surface area contributed by atoms with Crippen molar-refractivity contribution in [1.82, 2.24) is 0 Å². The van der Waals surface area contributed by atoms with Gasteiger partial charge in [-0.2, -0.15) is 5.26 Å². The molecule has 0 aliphatic rings. The zero-order valence-corrected chi connectivity index (χ0v) is 6.91. The smallest absolute Gasteiger partial charge is 0.0912 e. The molecule has 0 aliphatic carbocycles. The van der Waals surface area contributed by atoms with E-state index in [4.69, 9.17) is 5.26 Å². The van der Waals surface area contributed by atoms with Gasteiger partial charge < -0.3 is 5.32 Å². The van der Waals surface area contributed by atoms with Crippen molar-refractivity contribution in [3.05, 3.63) is 35.9 Å². The molecule has 12 heavy (non-hydrogen) atoms. The zero-order valence-electron chi connectivity index (χ0n) is 6.91.